The normalized spacial score (nSPS) is 16.1. The number of halogens is 1. The Morgan fingerprint density at radius 1 is 1.25 bits per heavy atom. The van der Waals surface area contributed by atoms with Gasteiger partial charge in [-0.05, 0) is 68.7 Å². The third-order valence-electron chi connectivity index (χ3n) is 5.62. The van der Waals surface area contributed by atoms with Gasteiger partial charge in [0.1, 0.15) is 0 Å². The van der Waals surface area contributed by atoms with Gasteiger partial charge < -0.3 is 19.7 Å². The van der Waals surface area contributed by atoms with Crippen LogP contribution in [0.25, 0.3) is 0 Å². The number of methoxy groups -OCH3 is 1. The number of ether oxygens (including phenoxy) is 2. The Morgan fingerprint density at radius 2 is 2.09 bits per heavy atom. The van der Waals surface area contributed by atoms with Crippen molar-refractivity contribution in [1.29, 1.82) is 0 Å². The predicted octanol–water partition coefficient (Wildman–Crippen LogP) is 3.91. The molecule has 1 saturated heterocycles. The molecule has 1 unspecified atom stereocenters. The number of aryl methyl sites for hydroxylation is 2. The first-order valence-corrected chi connectivity index (χ1v) is 11.4. The van der Waals surface area contributed by atoms with Crippen LogP contribution >= 0.6 is 24.0 Å². The molecule has 0 radical (unpaired) electrons. The minimum atomic E-state index is 0. The smallest absolute Gasteiger partial charge is 0.193 e. The summed E-state index contributed by atoms with van der Waals surface area (Å²) >= 11 is 0. The summed E-state index contributed by atoms with van der Waals surface area (Å²) in [6.07, 6.45) is 8.36. The van der Waals surface area contributed by atoms with E-state index in [0.717, 1.165) is 62.9 Å². The summed E-state index contributed by atoms with van der Waals surface area (Å²) in [5, 5.41) is 7.77. The van der Waals surface area contributed by atoms with Gasteiger partial charge in [0.25, 0.3) is 0 Å². The van der Waals surface area contributed by atoms with Gasteiger partial charge in [-0.1, -0.05) is 6.07 Å². The zero-order valence-corrected chi connectivity index (χ0v) is 22.2. The highest BCUT2D eigenvalue weighted by molar-refractivity contribution is 14.0. The summed E-state index contributed by atoms with van der Waals surface area (Å²) in [5.74, 6) is 3.30. The molecule has 1 N–H and O–H groups in total. The standard InChI is InChI=1S/C24H37N5O2.HI/c1-5-25-24(29-13-11-20(18-29)14-21-16-27-28(3)17-21)26-12-7-8-19-9-10-22(30-4)23(15-19)31-6-2;/h9-10,15-17,20H,5-8,11-14,18H2,1-4H3,(H,25,26);1H. The Bertz CT molecular complexity index is 855. The number of guanidine groups is 1. The van der Waals surface area contributed by atoms with Crippen LogP contribution in [0.1, 0.15) is 37.8 Å². The van der Waals surface area contributed by atoms with E-state index in [9.17, 15) is 0 Å². The summed E-state index contributed by atoms with van der Waals surface area (Å²) in [4.78, 5) is 7.32. The van der Waals surface area contributed by atoms with Crippen molar-refractivity contribution in [3.63, 3.8) is 0 Å². The Balaban J connectivity index is 0.00000363. The molecule has 1 fully saturated rings. The molecule has 2 heterocycles. The van der Waals surface area contributed by atoms with Crippen LogP contribution in [-0.4, -0.2) is 60.5 Å². The van der Waals surface area contributed by atoms with Gasteiger partial charge in [0.2, 0.25) is 0 Å². The SMILES string of the molecule is CCNC(=NCCCc1ccc(OC)c(OCC)c1)N1CCC(Cc2cnn(C)c2)C1.I. The average molecular weight is 556 g/mol. The van der Waals surface area contributed by atoms with Crippen molar-refractivity contribution in [1.82, 2.24) is 20.0 Å². The molecule has 7 nitrogen and oxygen atoms in total. The van der Waals surface area contributed by atoms with Crippen LogP contribution in [0.15, 0.2) is 35.6 Å². The minimum Gasteiger partial charge on any atom is -0.493 e. The fourth-order valence-electron chi connectivity index (χ4n) is 4.14. The molecule has 32 heavy (non-hydrogen) atoms. The van der Waals surface area contributed by atoms with Gasteiger partial charge >= 0.3 is 0 Å². The summed E-state index contributed by atoms with van der Waals surface area (Å²) in [6, 6.07) is 6.18. The van der Waals surface area contributed by atoms with Gasteiger partial charge in [-0.2, -0.15) is 5.10 Å². The second kappa shape index (κ2) is 13.5. The lowest BCUT2D eigenvalue weighted by Crippen LogP contribution is -2.40. The number of nitrogens with zero attached hydrogens (tertiary/aromatic N) is 4. The first-order chi connectivity index (χ1) is 15.1. The molecule has 1 aromatic heterocycles. The molecule has 0 saturated carbocycles. The molecule has 8 heteroatoms. The second-order valence-corrected chi connectivity index (χ2v) is 8.08. The van der Waals surface area contributed by atoms with Crippen LogP contribution in [0.2, 0.25) is 0 Å². The summed E-state index contributed by atoms with van der Waals surface area (Å²) in [5.41, 5.74) is 2.57. The van der Waals surface area contributed by atoms with E-state index in [1.165, 1.54) is 17.5 Å². The molecule has 1 atom stereocenters. The van der Waals surface area contributed by atoms with Crippen molar-refractivity contribution in [2.24, 2.45) is 18.0 Å². The van der Waals surface area contributed by atoms with Crippen LogP contribution in [0.5, 0.6) is 11.5 Å². The van der Waals surface area contributed by atoms with E-state index >= 15 is 0 Å². The maximum absolute atomic E-state index is 5.69. The quantitative estimate of drug-likeness (QED) is 0.209. The topological polar surface area (TPSA) is 63.9 Å². The molecule has 0 bridgehead atoms. The van der Waals surface area contributed by atoms with Crippen molar-refractivity contribution in [2.45, 2.75) is 39.5 Å². The Labute approximate surface area is 209 Å². The van der Waals surface area contributed by atoms with Crippen molar-refractivity contribution in [3.05, 3.63) is 41.7 Å². The van der Waals surface area contributed by atoms with Gasteiger partial charge in [0.15, 0.2) is 17.5 Å². The molecule has 0 amide bonds. The molecule has 1 aliphatic rings. The number of nitrogens with one attached hydrogen (secondary N) is 1. The molecule has 3 rings (SSSR count). The first kappa shape index (κ1) is 26.3. The predicted molar refractivity (Wildman–Crippen MR) is 140 cm³/mol. The highest BCUT2D eigenvalue weighted by Crippen LogP contribution is 2.28. The van der Waals surface area contributed by atoms with Crippen LogP contribution < -0.4 is 14.8 Å². The number of benzene rings is 1. The van der Waals surface area contributed by atoms with E-state index in [4.69, 9.17) is 14.5 Å². The molecular formula is C24H38IN5O2. The monoisotopic (exact) mass is 555 g/mol. The number of hydrogen-bond acceptors (Lipinski definition) is 4. The maximum atomic E-state index is 5.69. The molecule has 178 valence electrons. The van der Waals surface area contributed by atoms with Crippen LogP contribution in [0.4, 0.5) is 0 Å². The minimum absolute atomic E-state index is 0. The lowest BCUT2D eigenvalue weighted by molar-refractivity contribution is 0.310. The molecule has 1 aliphatic heterocycles. The molecular weight excluding hydrogens is 517 g/mol. The Hall–Kier alpha value is -1.97. The van der Waals surface area contributed by atoms with Crippen molar-refractivity contribution in [2.75, 3.05) is 39.9 Å². The lowest BCUT2D eigenvalue weighted by atomic mass is 10.0. The molecule has 1 aromatic carbocycles. The number of hydrogen-bond donors (Lipinski definition) is 1. The van der Waals surface area contributed by atoms with Crippen LogP contribution in [-0.2, 0) is 19.9 Å². The van der Waals surface area contributed by atoms with Gasteiger partial charge in [-0.25, -0.2) is 0 Å². The van der Waals surface area contributed by atoms with Crippen LogP contribution in [0, 0.1) is 5.92 Å². The van der Waals surface area contributed by atoms with Crippen LogP contribution in [0.3, 0.4) is 0 Å². The van der Waals surface area contributed by atoms with Crippen molar-refractivity contribution < 1.29 is 9.47 Å². The number of aromatic nitrogens is 2. The van der Waals surface area contributed by atoms with Gasteiger partial charge in [-0.3, -0.25) is 9.67 Å². The zero-order valence-electron chi connectivity index (χ0n) is 19.8. The van der Waals surface area contributed by atoms with Crippen molar-refractivity contribution in [3.8, 4) is 11.5 Å². The zero-order chi connectivity index (χ0) is 22.1. The largest absolute Gasteiger partial charge is 0.493 e. The summed E-state index contributed by atoms with van der Waals surface area (Å²) in [7, 11) is 3.65. The highest BCUT2D eigenvalue weighted by atomic mass is 127. The van der Waals surface area contributed by atoms with Crippen molar-refractivity contribution >= 4 is 29.9 Å². The highest BCUT2D eigenvalue weighted by Gasteiger charge is 2.25. The van der Waals surface area contributed by atoms with E-state index < -0.39 is 0 Å². The van der Waals surface area contributed by atoms with E-state index in [1.54, 1.807) is 7.11 Å². The third-order valence-corrected chi connectivity index (χ3v) is 5.62. The molecule has 0 aliphatic carbocycles. The van der Waals surface area contributed by atoms with Gasteiger partial charge in [0.05, 0.1) is 19.9 Å². The molecule has 2 aromatic rings. The number of likely N-dealkylation sites (tertiary alicyclic amines) is 1. The first-order valence-electron chi connectivity index (χ1n) is 11.4. The number of aliphatic imine (C=N–C) groups is 1. The fraction of sp³-hybridized carbons (Fsp3) is 0.583. The van der Waals surface area contributed by atoms with Gasteiger partial charge in [0, 0.05) is 39.4 Å². The lowest BCUT2D eigenvalue weighted by Gasteiger charge is -2.21. The Morgan fingerprint density at radius 3 is 2.78 bits per heavy atom. The maximum Gasteiger partial charge on any atom is 0.193 e. The van der Waals surface area contributed by atoms with E-state index in [2.05, 4.69) is 40.6 Å². The average Bonchev–Trinajstić information content (AvgIpc) is 3.40. The third kappa shape index (κ3) is 7.56. The van der Waals surface area contributed by atoms with E-state index in [1.807, 2.05) is 30.9 Å². The number of rotatable bonds is 10. The Kier molecular flexibility index (Phi) is 11.1. The van der Waals surface area contributed by atoms with E-state index in [0.29, 0.717) is 12.5 Å². The molecule has 0 spiro atoms. The van der Waals surface area contributed by atoms with E-state index in [-0.39, 0.29) is 24.0 Å². The van der Waals surface area contributed by atoms with Gasteiger partial charge in [-0.15, -0.1) is 24.0 Å². The second-order valence-electron chi connectivity index (χ2n) is 8.08. The summed E-state index contributed by atoms with van der Waals surface area (Å²) < 4.78 is 13.0. The fourth-order valence-corrected chi connectivity index (χ4v) is 4.14. The summed E-state index contributed by atoms with van der Waals surface area (Å²) in [6.45, 7) is 8.56.